The number of rotatable bonds is 14. The van der Waals surface area contributed by atoms with Gasteiger partial charge in [0.15, 0.2) is 6.61 Å². The molecular formula is C36H43N3O6S. The average molecular weight is 646 g/mol. The number of amides is 2. The second kappa shape index (κ2) is 16.5. The number of allylic oxidation sites excluding steroid dienone is 1. The molecule has 1 N–H and O–H groups in total. The zero-order valence-electron chi connectivity index (χ0n) is 26.2. The van der Waals surface area contributed by atoms with Crippen molar-refractivity contribution in [2.75, 3.05) is 39.5 Å². The van der Waals surface area contributed by atoms with E-state index in [2.05, 4.69) is 11.4 Å². The van der Waals surface area contributed by atoms with Crippen molar-refractivity contribution < 1.29 is 27.5 Å². The molecule has 0 radical (unpaired) electrons. The Balaban J connectivity index is 1.31. The molecule has 1 aliphatic heterocycles. The summed E-state index contributed by atoms with van der Waals surface area (Å²) in [4.78, 5) is 29.5. The van der Waals surface area contributed by atoms with Crippen LogP contribution in [0.1, 0.15) is 43.2 Å². The van der Waals surface area contributed by atoms with Gasteiger partial charge in [-0.15, -0.1) is 0 Å². The number of nitrogens with one attached hydrogen (secondary N) is 1. The van der Waals surface area contributed by atoms with Crippen LogP contribution in [0, 0.1) is 0 Å². The minimum absolute atomic E-state index is 0.155. The molecule has 244 valence electrons. The zero-order chi connectivity index (χ0) is 32.2. The summed E-state index contributed by atoms with van der Waals surface area (Å²) in [6.07, 6.45) is 7.99. The van der Waals surface area contributed by atoms with Gasteiger partial charge < -0.3 is 19.7 Å². The maximum atomic E-state index is 13.9. The van der Waals surface area contributed by atoms with Crippen LogP contribution in [-0.4, -0.2) is 74.9 Å². The number of nitrogens with zero attached hydrogens (tertiary/aromatic N) is 2. The first-order valence-corrected chi connectivity index (χ1v) is 17.5. The van der Waals surface area contributed by atoms with Crippen molar-refractivity contribution in [3.8, 4) is 5.75 Å². The van der Waals surface area contributed by atoms with Gasteiger partial charge in [-0.2, -0.15) is 4.31 Å². The minimum Gasteiger partial charge on any atom is -0.484 e. The van der Waals surface area contributed by atoms with E-state index in [0.717, 1.165) is 30.4 Å². The molecule has 46 heavy (non-hydrogen) atoms. The molecule has 9 nitrogen and oxygen atoms in total. The second-order valence-electron chi connectivity index (χ2n) is 11.6. The van der Waals surface area contributed by atoms with Crippen LogP contribution in [0.4, 0.5) is 0 Å². The molecule has 2 aliphatic rings. The lowest BCUT2D eigenvalue weighted by Gasteiger charge is -2.31. The summed E-state index contributed by atoms with van der Waals surface area (Å²) in [6.45, 7) is 1.78. The van der Waals surface area contributed by atoms with E-state index >= 15 is 0 Å². The van der Waals surface area contributed by atoms with Crippen molar-refractivity contribution in [1.29, 1.82) is 0 Å². The number of ether oxygens (including phenoxy) is 2. The largest absolute Gasteiger partial charge is 0.484 e. The average Bonchev–Trinajstić information content (AvgIpc) is 3.10. The van der Waals surface area contributed by atoms with E-state index in [1.54, 1.807) is 17.0 Å². The van der Waals surface area contributed by atoms with Crippen LogP contribution >= 0.6 is 0 Å². The van der Waals surface area contributed by atoms with Crippen LogP contribution in [0.15, 0.2) is 101 Å². The molecule has 1 aliphatic carbocycles. The predicted octanol–water partition coefficient (Wildman–Crippen LogP) is 4.73. The molecule has 1 atom stereocenters. The summed E-state index contributed by atoms with van der Waals surface area (Å²) in [5.41, 5.74) is 3.22. The maximum absolute atomic E-state index is 13.9. The highest BCUT2D eigenvalue weighted by Gasteiger charge is 2.31. The summed E-state index contributed by atoms with van der Waals surface area (Å²) in [5.74, 6) is -0.194. The van der Waals surface area contributed by atoms with Gasteiger partial charge in [-0.1, -0.05) is 72.3 Å². The first-order valence-electron chi connectivity index (χ1n) is 16.0. The lowest BCUT2D eigenvalue weighted by atomic mass is 9.97. The molecule has 5 rings (SSSR count). The molecule has 3 aromatic carbocycles. The van der Waals surface area contributed by atoms with Gasteiger partial charge in [0.2, 0.25) is 15.9 Å². The molecule has 10 heteroatoms. The summed E-state index contributed by atoms with van der Waals surface area (Å²) in [6, 6.07) is 24.6. The van der Waals surface area contributed by atoms with Crippen LogP contribution in [0.25, 0.3) is 0 Å². The fourth-order valence-corrected chi connectivity index (χ4v) is 7.21. The van der Waals surface area contributed by atoms with E-state index in [0.29, 0.717) is 45.0 Å². The molecule has 0 saturated carbocycles. The van der Waals surface area contributed by atoms with Crippen LogP contribution in [0.5, 0.6) is 5.75 Å². The van der Waals surface area contributed by atoms with E-state index in [4.69, 9.17) is 9.47 Å². The molecular weight excluding hydrogens is 602 g/mol. The highest BCUT2D eigenvalue weighted by molar-refractivity contribution is 7.89. The highest BCUT2D eigenvalue weighted by atomic mass is 32.2. The Kier molecular flexibility index (Phi) is 12.0. The Morgan fingerprint density at radius 3 is 2.22 bits per heavy atom. The molecule has 1 fully saturated rings. The van der Waals surface area contributed by atoms with Crippen LogP contribution in [0.2, 0.25) is 0 Å². The number of hydrogen-bond donors (Lipinski definition) is 1. The van der Waals surface area contributed by atoms with Crippen LogP contribution in [-0.2, 0) is 37.3 Å². The van der Waals surface area contributed by atoms with Gasteiger partial charge in [0.25, 0.3) is 5.91 Å². The van der Waals surface area contributed by atoms with Crippen molar-refractivity contribution in [3.63, 3.8) is 0 Å². The fourth-order valence-electron chi connectivity index (χ4n) is 5.80. The lowest BCUT2D eigenvalue weighted by Crippen LogP contribution is -2.51. The Labute approximate surface area is 272 Å². The topological polar surface area (TPSA) is 105 Å². The first kappa shape index (κ1) is 33.4. The lowest BCUT2D eigenvalue weighted by molar-refractivity contribution is -0.142. The summed E-state index contributed by atoms with van der Waals surface area (Å²) >= 11 is 0. The van der Waals surface area contributed by atoms with Gasteiger partial charge in [-0.3, -0.25) is 9.59 Å². The molecule has 0 unspecified atom stereocenters. The summed E-state index contributed by atoms with van der Waals surface area (Å²) in [5, 5.41) is 3.11. The molecule has 1 heterocycles. The fraction of sp³-hybridized carbons (Fsp3) is 0.389. The van der Waals surface area contributed by atoms with Gasteiger partial charge in [-0.05, 0) is 67.5 Å². The third-order valence-electron chi connectivity index (χ3n) is 8.39. The predicted molar refractivity (Wildman–Crippen MR) is 177 cm³/mol. The maximum Gasteiger partial charge on any atom is 0.261 e. The van der Waals surface area contributed by atoms with Gasteiger partial charge in [-0.25, -0.2) is 8.42 Å². The van der Waals surface area contributed by atoms with Crippen molar-refractivity contribution in [1.82, 2.24) is 14.5 Å². The molecule has 3 aromatic rings. The summed E-state index contributed by atoms with van der Waals surface area (Å²) < 4.78 is 38.6. The van der Waals surface area contributed by atoms with Gasteiger partial charge >= 0.3 is 0 Å². The molecule has 1 saturated heterocycles. The van der Waals surface area contributed by atoms with Crippen LogP contribution < -0.4 is 10.1 Å². The molecule has 2 amide bonds. The molecule has 0 spiro atoms. The van der Waals surface area contributed by atoms with Gasteiger partial charge in [0, 0.05) is 32.6 Å². The van der Waals surface area contributed by atoms with Gasteiger partial charge in [0.1, 0.15) is 11.8 Å². The standard InChI is InChI=1S/C36H43N3O6S/c40-35(28-45-32-16-18-33(19-17-32)46(42,43)38-22-24-44-25-23-38)39(27-31-14-8-3-9-15-31)34(26-30-12-6-2-7-13-30)36(41)37-21-20-29-10-4-1-5-11-29/h2-3,6-10,12-19,34H,1,4-5,11,20-28H2,(H,37,41)/t34-/m0/s1. The van der Waals surface area contributed by atoms with E-state index in [-0.39, 0.29) is 29.9 Å². The highest BCUT2D eigenvalue weighted by Crippen LogP contribution is 2.22. The number of morpholine rings is 1. The van der Waals surface area contributed by atoms with E-state index < -0.39 is 16.1 Å². The second-order valence-corrected chi connectivity index (χ2v) is 13.6. The molecule has 0 aromatic heterocycles. The number of carbonyl (C=O) groups excluding carboxylic acids is 2. The van der Waals surface area contributed by atoms with Gasteiger partial charge in [0.05, 0.1) is 18.1 Å². The number of benzene rings is 3. The Bertz CT molecular complexity index is 1560. The SMILES string of the molecule is O=C(NCCC1=CCCCC1)[C@H](Cc1ccccc1)N(Cc1ccccc1)C(=O)COc1ccc(S(=O)(=O)N2CCOCC2)cc1. The van der Waals surface area contributed by atoms with E-state index in [1.165, 1.54) is 34.9 Å². The normalized spacial score (nSPS) is 16.2. The monoisotopic (exact) mass is 645 g/mol. The summed E-state index contributed by atoms with van der Waals surface area (Å²) in [7, 11) is -3.65. The Morgan fingerprint density at radius 2 is 1.57 bits per heavy atom. The quantitative estimate of drug-likeness (QED) is 0.254. The number of sulfonamides is 1. The first-order chi connectivity index (χ1) is 22.4. The van der Waals surface area contributed by atoms with Crippen molar-refractivity contribution in [2.45, 2.75) is 56.0 Å². The van der Waals surface area contributed by atoms with E-state index in [1.807, 2.05) is 60.7 Å². The Morgan fingerprint density at radius 1 is 0.891 bits per heavy atom. The van der Waals surface area contributed by atoms with E-state index in [9.17, 15) is 18.0 Å². The third-order valence-corrected chi connectivity index (χ3v) is 10.3. The number of hydrogen-bond acceptors (Lipinski definition) is 6. The third kappa shape index (κ3) is 9.28. The van der Waals surface area contributed by atoms with Crippen LogP contribution in [0.3, 0.4) is 0 Å². The number of carbonyl (C=O) groups is 2. The minimum atomic E-state index is -3.65. The van der Waals surface area contributed by atoms with Crippen molar-refractivity contribution in [3.05, 3.63) is 108 Å². The Hall–Kier alpha value is -3.99. The zero-order valence-corrected chi connectivity index (χ0v) is 27.0. The van der Waals surface area contributed by atoms with Crippen molar-refractivity contribution >= 4 is 21.8 Å². The molecule has 0 bridgehead atoms. The van der Waals surface area contributed by atoms with Crippen molar-refractivity contribution in [2.24, 2.45) is 0 Å². The smallest absolute Gasteiger partial charge is 0.261 e.